The Labute approximate surface area is 139 Å². The Bertz CT molecular complexity index is 592. The molecule has 4 nitrogen and oxygen atoms in total. The summed E-state index contributed by atoms with van der Waals surface area (Å²) in [6.45, 7) is 7.03. The third kappa shape index (κ3) is 5.26. The molecule has 0 aromatic heterocycles. The van der Waals surface area contributed by atoms with Crippen molar-refractivity contribution in [3.05, 3.63) is 35.9 Å². The second-order valence-electron chi connectivity index (χ2n) is 5.87. The summed E-state index contributed by atoms with van der Waals surface area (Å²) < 4.78 is 41.1. The van der Waals surface area contributed by atoms with Crippen LogP contribution in [0.5, 0.6) is 5.75 Å². The number of amides is 1. The molecule has 1 aliphatic rings. The SMILES string of the molecule is CC(C)N1CCN(C(=O)/C=C/c2ccccc2OC(F)(F)F)CC1. The van der Waals surface area contributed by atoms with Crippen molar-refractivity contribution in [2.45, 2.75) is 26.3 Å². The third-order valence-electron chi connectivity index (χ3n) is 3.91. The van der Waals surface area contributed by atoms with Gasteiger partial charge in [-0.25, -0.2) is 0 Å². The normalized spacial score (nSPS) is 16.8. The Kier molecular flexibility index (Phi) is 5.88. The van der Waals surface area contributed by atoms with Crippen LogP contribution in [0.25, 0.3) is 6.08 Å². The van der Waals surface area contributed by atoms with Crippen LogP contribution in [0.2, 0.25) is 0 Å². The maximum atomic E-state index is 12.4. The van der Waals surface area contributed by atoms with Crippen LogP contribution in [-0.2, 0) is 4.79 Å². The standard InChI is InChI=1S/C17H21F3N2O2/c1-13(2)21-9-11-22(12-10-21)16(23)8-7-14-5-3-4-6-15(14)24-17(18,19)20/h3-8,13H,9-12H2,1-2H3/b8-7+. The van der Waals surface area contributed by atoms with Gasteiger partial charge in [0, 0.05) is 43.9 Å². The van der Waals surface area contributed by atoms with Crippen molar-refractivity contribution in [3.8, 4) is 5.75 Å². The number of alkyl halides is 3. The highest BCUT2D eigenvalue weighted by molar-refractivity contribution is 5.92. The highest BCUT2D eigenvalue weighted by Gasteiger charge is 2.31. The van der Waals surface area contributed by atoms with Crippen LogP contribution in [0.1, 0.15) is 19.4 Å². The number of para-hydroxylation sites is 1. The van der Waals surface area contributed by atoms with Gasteiger partial charge in [0.1, 0.15) is 5.75 Å². The van der Waals surface area contributed by atoms with E-state index in [4.69, 9.17) is 0 Å². The average molecular weight is 342 g/mol. The number of halogens is 3. The maximum absolute atomic E-state index is 12.4. The van der Waals surface area contributed by atoms with E-state index in [1.807, 2.05) is 0 Å². The molecule has 1 aliphatic heterocycles. The van der Waals surface area contributed by atoms with Gasteiger partial charge in [0.15, 0.2) is 0 Å². The van der Waals surface area contributed by atoms with Crippen molar-refractivity contribution >= 4 is 12.0 Å². The van der Waals surface area contributed by atoms with E-state index in [2.05, 4.69) is 23.5 Å². The molecule has 0 unspecified atom stereocenters. The van der Waals surface area contributed by atoms with Gasteiger partial charge in [0.2, 0.25) is 5.91 Å². The van der Waals surface area contributed by atoms with Gasteiger partial charge in [-0.3, -0.25) is 9.69 Å². The smallest absolute Gasteiger partial charge is 0.405 e. The number of piperazine rings is 1. The second-order valence-corrected chi connectivity index (χ2v) is 5.87. The molecule has 0 N–H and O–H groups in total. The van der Waals surface area contributed by atoms with E-state index in [0.29, 0.717) is 19.1 Å². The van der Waals surface area contributed by atoms with Crippen molar-refractivity contribution in [2.24, 2.45) is 0 Å². The van der Waals surface area contributed by atoms with E-state index < -0.39 is 6.36 Å². The molecule has 7 heteroatoms. The topological polar surface area (TPSA) is 32.8 Å². The van der Waals surface area contributed by atoms with Gasteiger partial charge in [-0.05, 0) is 26.0 Å². The average Bonchev–Trinajstić information content (AvgIpc) is 2.52. The molecule has 1 saturated heterocycles. The Balaban J connectivity index is 2.00. The van der Waals surface area contributed by atoms with Gasteiger partial charge in [0.05, 0.1) is 0 Å². The second kappa shape index (κ2) is 7.70. The van der Waals surface area contributed by atoms with Crippen LogP contribution in [0.3, 0.4) is 0 Å². The maximum Gasteiger partial charge on any atom is 0.573 e. The lowest BCUT2D eigenvalue weighted by Gasteiger charge is -2.36. The first-order valence-corrected chi connectivity index (χ1v) is 7.82. The number of carbonyl (C=O) groups is 1. The first-order chi connectivity index (χ1) is 11.3. The van der Waals surface area contributed by atoms with E-state index >= 15 is 0 Å². The monoisotopic (exact) mass is 342 g/mol. The van der Waals surface area contributed by atoms with E-state index in [1.165, 1.54) is 30.4 Å². The summed E-state index contributed by atoms with van der Waals surface area (Å²) in [6.07, 6.45) is -2.11. The van der Waals surface area contributed by atoms with E-state index in [1.54, 1.807) is 11.0 Å². The molecule has 1 aromatic rings. The predicted molar refractivity (Wildman–Crippen MR) is 85.4 cm³/mol. The quantitative estimate of drug-likeness (QED) is 0.788. The van der Waals surface area contributed by atoms with Crippen LogP contribution in [0.4, 0.5) is 13.2 Å². The largest absolute Gasteiger partial charge is 0.573 e. The molecular weight excluding hydrogens is 321 g/mol. The lowest BCUT2D eigenvalue weighted by atomic mass is 10.2. The summed E-state index contributed by atoms with van der Waals surface area (Å²) in [4.78, 5) is 16.2. The highest BCUT2D eigenvalue weighted by atomic mass is 19.4. The van der Waals surface area contributed by atoms with Gasteiger partial charge in [0.25, 0.3) is 0 Å². The highest BCUT2D eigenvalue weighted by Crippen LogP contribution is 2.27. The first kappa shape index (κ1) is 18.3. The molecule has 1 aromatic carbocycles. The lowest BCUT2D eigenvalue weighted by molar-refractivity contribution is -0.274. The lowest BCUT2D eigenvalue weighted by Crippen LogP contribution is -2.50. The van der Waals surface area contributed by atoms with Crippen molar-refractivity contribution in [1.82, 2.24) is 9.80 Å². The first-order valence-electron chi connectivity index (χ1n) is 7.82. The molecule has 0 radical (unpaired) electrons. The van der Waals surface area contributed by atoms with Crippen LogP contribution in [0, 0.1) is 0 Å². The Morgan fingerprint density at radius 3 is 2.38 bits per heavy atom. The molecule has 0 atom stereocenters. The number of ether oxygens (including phenoxy) is 1. The molecule has 0 saturated carbocycles. The molecule has 1 fully saturated rings. The van der Waals surface area contributed by atoms with Gasteiger partial charge in [-0.1, -0.05) is 18.2 Å². The zero-order valence-electron chi connectivity index (χ0n) is 13.7. The number of rotatable bonds is 4. The van der Waals surface area contributed by atoms with Crippen LogP contribution in [-0.4, -0.2) is 54.3 Å². The number of benzene rings is 1. The molecule has 1 heterocycles. The molecule has 0 bridgehead atoms. The summed E-state index contributed by atoms with van der Waals surface area (Å²) in [7, 11) is 0. The summed E-state index contributed by atoms with van der Waals surface area (Å²) in [5.74, 6) is -0.529. The molecule has 24 heavy (non-hydrogen) atoms. The van der Waals surface area contributed by atoms with Crippen molar-refractivity contribution in [1.29, 1.82) is 0 Å². The fraction of sp³-hybridized carbons (Fsp3) is 0.471. The van der Waals surface area contributed by atoms with Gasteiger partial charge in [-0.2, -0.15) is 0 Å². The Hall–Kier alpha value is -2.02. The minimum Gasteiger partial charge on any atom is -0.405 e. The zero-order valence-corrected chi connectivity index (χ0v) is 13.7. The molecule has 2 rings (SSSR count). The summed E-state index contributed by atoms with van der Waals surface area (Å²) in [5, 5.41) is 0. The molecule has 0 spiro atoms. The van der Waals surface area contributed by atoms with Crippen LogP contribution < -0.4 is 4.74 Å². The molecule has 1 amide bonds. The van der Waals surface area contributed by atoms with Crippen molar-refractivity contribution in [3.63, 3.8) is 0 Å². The fourth-order valence-corrected chi connectivity index (χ4v) is 2.56. The molecular formula is C17H21F3N2O2. The number of carbonyl (C=O) groups excluding carboxylic acids is 1. The summed E-state index contributed by atoms with van der Waals surface area (Å²) in [5.41, 5.74) is 0.212. The third-order valence-corrected chi connectivity index (χ3v) is 3.91. The predicted octanol–water partition coefficient (Wildman–Crippen LogP) is 3.15. The van der Waals surface area contributed by atoms with Crippen molar-refractivity contribution < 1.29 is 22.7 Å². The van der Waals surface area contributed by atoms with Gasteiger partial charge in [-0.15, -0.1) is 13.2 Å². The Morgan fingerprint density at radius 1 is 1.17 bits per heavy atom. The molecule has 132 valence electrons. The number of nitrogens with zero attached hydrogens (tertiary/aromatic N) is 2. The minimum absolute atomic E-state index is 0.208. The van der Waals surface area contributed by atoms with Gasteiger partial charge < -0.3 is 9.64 Å². The number of hydrogen-bond donors (Lipinski definition) is 0. The number of hydrogen-bond acceptors (Lipinski definition) is 3. The summed E-state index contributed by atoms with van der Waals surface area (Å²) in [6, 6.07) is 6.17. The van der Waals surface area contributed by atoms with E-state index in [0.717, 1.165) is 13.1 Å². The van der Waals surface area contributed by atoms with Crippen LogP contribution >= 0.6 is 0 Å². The molecule has 0 aliphatic carbocycles. The minimum atomic E-state index is -4.76. The van der Waals surface area contributed by atoms with Gasteiger partial charge >= 0.3 is 6.36 Å². The summed E-state index contributed by atoms with van der Waals surface area (Å²) >= 11 is 0. The fourth-order valence-electron chi connectivity index (χ4n) is 2.56. The van der Waals surface area contributed by atoms with Crippen molar-refractivity contribution in [2.75, 3.05) is 26.2 Å². The van der Waals surface area contributed by atoms with Crippen LogP contribution in [0.15, 0.2) is 30.3 Å². The Morgan fingerprint density at radius 2 is 1.79 bits per heavy atom. The van der Waals surface area contributed by atoms with E-state index in [-0.39, 0.29) is 17.2 Å². The zero-order chi connectivity index (χ0) is 17.7. The van der Waals surface area contributed by atoms with E-state index in [9.17, 15) is 18.0 Å².